The minimum atomic E-state index is -1.21. The zero-order valence-corrected chi connectivity index (χ0v) is 13.6. The maximum Gasteiger partial charge on any atom is 0.266 e. The number of carboxylic acids is 1. The number of carbonyl (C=O) groups is 2. The quantitative estimate of drug-likeness (QED) is 0.605. The third-order valence-corrected chi connectivity index (χ3v) is 4.76. The first-order valence-electron chi connectivity index (χ1n) is 6.92. The number of fused-ring (bicyclic) bond motifs is 1. The average Bonchev–Trinajstić information content (AvgIpc) is 2.79. The van der Waals surface area contributed by atoms with Crippen molar-refractivity contribution in [2.45, 2.75) is 6.42 Å². The van der Waals surface area contributed by atoms with Gasteiger partial charge in [-0.1, -0.05) is 42.2 Å². The Bertz CT molecular complexity index is 754. The number of rotatable bonds is 4. The lowest BCUT2D eigenvalue weighted by atomic mass is 10.1. The van der Waals surface area contributed by atoms with Crippen molar-refractivity contribution in [2.24, 2.45) is 0 Å². The van der Waals surface area contributed by atoms with Crippen LogP contribution in [0.2, 0.25) is 0 Å². The summed E-state index contributed by atoms with van der Waals surface area (Å²) in [5, 5.41) is 10.5. The largest absolute Gasteiger partial charge is 0.550 e. The van der Waals surface area contributed by atoms with E-state index < -0.39 is 5.97 Å². The number of aliphatic carboxylic acids is 1. The molecule has 0 aromatic heterocycles. The molecule has 0 bridgehead atoms. The summed E-state index contributed by atoms with van der Waals surface area (Å²) in [5.74, 6) is -0.671. The van der Waals surface area contributed by atoms with Crippen LogP contribution in [0.5, 0.6) is 5.75 Å². The summed E-state index contributed by atoms with van der Waals surface area (Å²) in [4.78, 5) is 24.6. The molecule has 2 aliphatic rings. The van der Waals surface area contributed by atoms with E-state index in [-0.39, 0.29) is 18.9 Å². The van der Waals surface area contributed by atoms with E-state index in [0.717, 1.165) is 16.9 Å². The summed E-state index contributed by atoms with van der Waals surface area (Å²) in [6.45, 7) is 0.406. The number of carboxylic acid groups (broad SMARTS) is 1. The average molecular weight is 346 g/mol. The van der Waals surface area contributed by atoms with E-state index in [1.165, 1.54) is 16.7 Å². The molecule has 23 heavy (non-hydrogen) atoms. The Morgan fingerprint density at radius 3 is 3.00 bits per heavy atom. The molecule has 0 spiro atoms. The lowest BCUT2D eigenvalue weighted by Gasteiger charge is -2.16. The van der Waals surface area contributed by atoms with Crippen LogP contribution in [0.3, 0.4) is 0 Å². The van der Waals surface area contributed by atoms with Gasteiger partial charge in [0.05, 0.1) is 4.91 Å². The van der Waals surface area contributed by atoms with Crippen molar-refractivity contribution in [3.63, 3.8) is 0 Å². The topological polar surface area (TPSA) is 69.7 Å². The Hall–Kier alpha value is -2.12. The molecule has 1 amide bonds. The minimum absolute atomic E-state index is 0.0305. The van der Waals surface area contributed by atoms with E-state index >= 15 is 0 Å². The Labute approximate surface area is 142 Å². The number of nitrogens with zero attached hydrogens (tertiary/aromatic N) is 1. The second-order valence-corrected chi connectivity index (χ2v) is 6.68. The number of carbonyl (C=O) groups excluding carboxylic acids is 2. The monoisotopic (exact) mass is 346 g/mol. The Morgan fingerprint density at radius 2 is 2.22 bits per heavy atom. The van der Waals surface area contributed by atoms with Crippen molar-refractivity contribution in [1.29, 1.82) is 0 Å². The van der Waals surface area contributed by atoms with Crippen LogP contribution in [-0.4, -0.2) is 34.2 Å². The SMILES string of the molecule is O=C([O-])CCN1C(=O)/C(=C/C2=Cc3ccccc3OC2)SC1=S. The maximum atomic E-state index is 12.3. The van der Waals surface area contributed by atoms with Crippen LogP contribution in [0.25, 0.3) is 6.08 Å². The van der Waals surface area contributed by atoms with E-state index in [1.54, 1.807) is 6.08 Å². The molecule has 1 aromatic carbocycles. The lowest BCUT2D eigenvalue weighted by molar-refractivity contribution is -0.305. The lowest BCUT2D eigenvalue weighted by Crippen LogP contribution is -2.33. The number of thiocarbonyl (C=S) groups is 1. The molecule has 2 heterocycles. The van der Waals surface area contributed by atoms with Crippen LogP contribution in [0.15, 0.2) is 40.8 Å². The molecular weight excluding hydrogens is 334 g/mol. The van der Waals surface area contributed by atoms with Crippen LogP contribution in [-0.2, 0) is 9.59 Å². The molecule has 0 unspecified atom stereocenters. The number of benzene rings is 1. The van der Waals surface area contributed by atoms with Gasteiger partial charge in [-0.2, -0.15) is 0 Å². The number of para-hydroxylation sites is 1. The van der Waals surface area contributed by atoms with Gasteiger partial charge in [-0.15, -0.1) is 0 Å². The summed E-state index contributed by atoms with van der Waals surface area (Å²) in [6, 6.07) is 7.65. The Kier molecular flexibility index (Phi) is 4.49. The van der Waals surface area contributed by atoms with Gasteiger partial charge in [0.2, 0.25) is 0 Å². The summed E-state index contributed by atoms with van der Waals surface area (Å²) in [6.07, 6.45) is 3.47. The van der Waals surface area contributed by atoms with Gasteiger partial charge < -0.3 is 14.6 Å². The summed E-state index contributed by atoms with van der Waals surface area (Å²) < 4.78 is 6.01. The Balaban J connectivity index is 1.79. The summed E-state index contributed by atoms with van der Waals surface area (Å²) >= 11 is 6.31. The predicted octanol–water partition coefficient (Wildman–Crippen LogP) is 1.35. The molecule has 0 saturated carbocycles. The van der Waals surface area contributed by atoms with Crippen molar-refractivity contribution in [2.75, 3.05) is 13.2 Å². The maximum absolute atomic E-state index is 12.3. The van der Waals surface area contributed by atoms with Crippen molar-refractivity contribution in [3.05, 3.63) is 46.4 Å². The zero-order valence-electron chi connectivity index (χ0n) is 12.0. The minimum Gasteiger partial charge on any atom is -0.550 e. The first-order chi connectivity index (χ1) is 11.0. The molecule has 1 aromatic rings. The van der Waals surface area contributed by atoms with Gasteiger partial charge in [0, 0.05) is 24.5 Å². The number of hydrogen-bond acceptors (Lipinski definition) is 6. The molecule has 0 radical (unpaired) electrons. The Morgan fingerprint density at radius 1 is 1.43 bits per heavy atom. The predicted molar refractivity (Wildman–Crippen MR) is 89.5 cm³/mol. The number of thioether (sulfide) groups is 1. The highest BCUT2D eigenvalue weighted by molar-refractivity contribution is 8.26. The van der Waals surface area contributed by atoms with Gasteiger partial charge in [0.15, 0.2) is 0 Å². The molecule has 5 nitrogen and oxygen atoms in total. The van der Waals surface area contributed by atoms with Gasteiger partial charge in [-0.3, -0.25) is 9.69 Å². The smallest absolute Gasteiger partial charge is 0.266 e. The molecule has 0 aliphatic carbocycles. The van der Waals surface area contributed by atoms with Crippen molar-refractivity contribution in [1.82, 2.24) is 4.90 Å². The molecule has 7 heteroatoms. The highest BCUT2D eigenvalue weighted by Gasteiger charge is 2.31. The second-order valence-electron chi connectivity index (χ2n) is 5.00. The van der Waals surface area contributed by atoms with Crippen molar-refractivity contribution < 1.29 is 19.4 Å². The fourth-order valence-corrected chi connectivity index (χ4v) is 3.61. The van der Waals surface area contributed by atoms with Gasteiger partial charge in [0.1, 0.15) is 16.7 Å². The van der Waals surface area contributed by atoms with Crippen LogP contribution >= 0.6 is 24.0 Å². The first-order valence-corrected chi connectivity index (χ1v) is 8.14. The zero-order chi connectivity index (χ0) is 16.4. The van der Waals surface area contributed by atoms with E-state index in [0.29, 0.717) is 15.8 Å². The molecule has 1 fully saturated rings. The standard InChI is InChI=1S/C16H13NO4S2/c18-14(19)5-6-17-15(20)13(23-16(17)22)8-10-7-11-3-1-2-4-12(11)21-9-10/h1-4,7-8H,5-6,9H2,(H,18,19)/p-1/b13-8-. The number of amides is 1. The van der Waals surface area contributed by atoms with Crippen LogP contribution < -0.4 is 9.84 Å². The van der Waals surface area contributed by atoms with E-state index in [9.17, 15) is 14.7 Å². The molecular formula is C16H12NO4S2-. The molecule has 0 N–H and O–H groups in total. The number of hydrogen-bond donors (Lipinski definition) is 0. The molecule has 118 valence electrons. The normalized spacial score (nSPS) is 18.7. The third kappa shape index (κ3) is 3.46. The fourth-order valence-electron chi connectivity index (χ4n) is 2.28. The second kappa shape index (κ2) is 6.55. The summed E-state index contributed by atoms with van der Waals surface area (Å²) in [7, 11) is 0. The third-order valence-electron chi connectivity index (χ3n) is 3.38. The molecule has 3 rings (SSSR count). The molecule has 0 atom stereocenters. The van der Waals surface area contributed by atoms with E-state index in [1.807, 2.05) is 30.3 Å². The highest BCUT2D eigenvalue weighted by Crippen LogP contribution is 2.33. The van der Waals surface area contributed by atoms with Crippen molar-refractivity contribution >= 4 is 46.3 Å². The van der Waals surface area contributed by atoms with E-state index in [4.69, 9.17) is 17.0 Å². The van der Waals surface area contributed by atoms with Gasteiger partial charge in [0.25, 0.3) is 5.91 Å². The first kappa shape index (κ1) is 15.8. The highest BCUT2D eigenvalue weighted by atomic mass is 32.2. The van der Waals surface area contributed by atoms with Gasteiger partial charge in [-0.05, 0) is 23.8 Å². The number of ether oxygens (including phenoxy) is 1. The van der Waals surface area contributed by atoms with Gasteiger partial charge in [-0.25, -0.2) is 0 Å². The fraction of sp³-hybridized carbons (Fsp3) is 0.188. The van der Waals surface area contributed by atoms with E-state index in [2.05, 4.69) is 0 Å². The molecule has 2 aliphatic heterocycles. The van der Waals surface area contributed by atoms with Crippen LogP contribution in [0.1, 0.15) is 12.0 Å². The summed E-state index contributed by atoms with van der Waals surface area (Å²) in [5.41, 5.74) is 1.82. The van der Waals surface area contributed by atoms with Crippen LogP contribution in [0.4, 0.5) is 0 Å². The van der Waals surface area contributed by atoms with Crippen LogP contribution in [0, 0.1) is 0 Å². The van der Waals surface area contributed by atoms with Crippen molar-refractivity contribution in [3.8, 4) is 5.75 Å². The molecule has 1 saturated heterocycles. The van der Waals surface area contributed by atoms with Gasteiger partial charge >= 0.3 is 0 Å².